The van der Waals surface area contributed by atoms with Crippen LogP contribution in [-0.2, 0) is 0 Å². The number of nitro benzene ring substituents is 1. The van der Waals surface area contributed by atoms with Crippen LogP contribution in [0.5, 0.6) is 5.75 Å². The largest absolute Gasteiger partial charge is 0.496 e. The molecule has 0 radical (unpaired) electrons. The molecule has 0 unspecified atom stereocenters. The van der Waals surface area contributed by atoms with Gasteiger partial charge in [0.2, 0.25) is 0 Å². The number of carbonyl (C=O) groups excluding carboxylic acids is 1. The molecule has 0 spiro atoms. The van der Waals surface area contributed by atoms with Crippen molar-refractivity contribution in [1.82, 2.24) is 4.90 Å². The molecule has 0 saturated carbocycles. The maximum atomic E-state index is 12.9. The summed E-state index contributed by atoms with van der Waals surface area (Å²) in [7, 11) is 1.52. The average molecular weight is 455 g/mol. The predicted molar refractivity (Wildman–Crippen MR) is 107 cm³/mol. The summed E-state index contributed by atoms with van der Waals surface area (Å²) in [6.07, 6.45) is 0. The lowest BCUT2D eigenvalue weighted by Gasteiger charge is -2.36. The number of hydrogen-bond donors (Lipinski definition) is 0. The lowest BCUT2D eigenvalue weighted by molar-refractivity contribution is -0.384. The number of halogens is 2. The van der Waals surface area contributed by atoms with Gasteiger partial charge in [-0.1, -0.05) is 33.6 Å². The number of ether oxygens (including phenoxy) is 1. The van der Waals surface area contributed by atoms with Crippen LogP contribution in [0.25, 0.3) is 0 Å². The smallest absolute Gasteiger partial charge is 0.294 e. The maximum Gasteiger partial charge on any atom is 0.294 e. The van der Waals surface area contributed by atoms with Crippen LogP contribution in [0.3, 0.4) is 0 Å². The standard InChI is InChI=1S/C18H17BrClN3O4/c1-27-16-6-5-12(19)11-13(16)18(24)22-9-7-21(8-10-22)17-14(20)3-2-4-15(17)23(25)26/h2-6,11H,7-10H2,1H3. The quantitative estimate of drug-likeness (QED) is 0.516. The number of piperazine rings is 1. The number of carbonyl (C=O) groups is 1. The number of nitro groups is 1. The second-order valence-electron chi connectivity index (χ2n) is 5.99. The van der Waals surface area contributed by atoms with Crippen LogP contribution >= 0.6 is 27.5 Å². The van der Waals surface area contributed by atoms with E-state index in [-0.39, 0.29) is 11.6 Å². The molecule has 0 atom stereocenters. The summed E-state index contributed by atoms with van der Waals surface area (Å²) in [5, 5.41) is 11.6. The molecule has 1 heterocycles. The summed E-state index contributed by atoms with van der Waals surface area (Å²) < 4.78 is 6.08. The average Bonchev–Trinajstić information content (AvgIpc) is 2.67. The van der Waals surface area contributed by atoms with Crippen molar-refractivity contribution in [3.63, 3.8) is 0 Å². The Bertz CT molecular complexity index is 885. The van der Waals surface area contributed by atoms with E-state index < -0.39 is 4.92 Å². The molecule has 0 N–H and O–H groups in total. The number of anilines is 1. The minimum Gasteiger partial charge on any atom is -0.496 e. The summed E-state index contributed by atoms with van der Waals surface area (Å²) in [6, 6.07) is 9.90. The molecule has 2 aromatic rings. The monoisotopic (exact) mass is 453 g/mol. The fraction of sp³-hybridized carbons (Fsp3) is 0.278. The van der Waals surface area contributed by atoms with Crippen molar-refractivity contribution in [3.8, 4) is 5.75 Å². The van der Waals surface area contributed by atoms with E-state index in [2.05, 4.69) is 15.9 Å². The molecule has 1 amide bonds. The number of benzene rings is 2. The third kappa shape index (κ3) is 4.01. The molecular formula is C18H17BrClN3O4. The van der Waals surface area contributed by atoms with Crippen molar-refractivity contribution >= 4 is 44.8 Å². The molecule has 7 nitrogen and oxygen atoms in total. The molecule has 27 heavy (non-hydrogen) atoms. The molecule has 0 aromatic heterocycles. The molecule has 2 aromatic carbocycles. The van der Waals surface area contributed by atoms with E-state index in [1.807, 2.05) is 11.0 Å². The maximum absolute atomic E-state index is 12.9. The van der Waals surface area contributed by atoms with Gasteiger partial charge in [-0.05, 0) is 24.3 Å². The van der Waals surface area contributed by atoms with Crippen molar-refractivity contribution < 1.29 is 14.5 Å². The van der Waals surface area contributed by atoms with E-state index >= 15 is 0 Å². The molecule has 0 aliphatic carbocycles. The van der Waals surface area contributed by atoms with Gasteiger partial charge in [0, 0.05) is 36.7 Å². The molecule has 1 saturated heterocycles. The van der Waals surface area contributed by atoms with Crippen LogP contribution < -0.4 is 9.64 Å². The molecule has 1 fully saturated rings. The summed E-state index contributed by atoms with van der Waals surface area (Å²) >= 11 is 9.58. The first-order valence-electron chi connectivity index (χ1n) is 8.23. The lowest BCUT2D eigenvalue weighted by Crippen LogP contribution is -2.49. The molecular weight excluding hydrogens is 438 g/mol. The zero-order valence-electron chi connectivity index (χ0n) is 14.5. The van der Waals surface area contributed by atoms with E-state index in [0.29, 0.717) is 48.2 Å². The molecule has 1 aliphatic rings. The van der Waals surface area contributed by atoms with E-state index in [4.69, 9.17) is 16.3 Å². The Kier molecular flexibility index (Phi) is 5.86. The first-order valence-corrected chi connectivity index (χ1v) is 9.40. The minimum atomic E-state index is -0.439. The van der Waals surface area contributed by atoms with Gasteiger partial charge in [0.25, 0.3) is 11.6 Å². The third-order valence-corrected chi connectivity index (χ3v) is 5.24. The summed E-state index contributed by atoms with van der Waals surface area (Å²) in [5.41, 5.74) is 0.844. The van der Waals surface area contributed by atoms with Gasteiger partial charge in [-0.2, -0.15) is 0 Å². The number of hydrogen-bond acceptors (Lipinski definition) is 5. The van der Waals surface area contributed by atoms with E-state index in [0.717, 1.165) is 4.47 Å². The minimum absolute atomic E-state index is 0.0315. The number of para-hydroxylation sites is 1. The Balaban J connectivity index is 1.78. The fourth-order valence-electron chi connectivity index (χ4n) is 3.12. The molecule has 3 rings (SSSR count). The second kappa shape index (κ2) is 8.14. The van der Waals surface area contributed by atoms with Crippen molar-refractivity contribution in [1.29, 1.82) is 0 Å². The number of nitrogens with zero attached hydrogens (tertiary/aromatic N) is 3. The van der Waals surface area contributed by atoms with Gasteiger partial charge < -0.3 is 14.5 Å². The van der Waals surface area contributed by atoms with Crippen LogP contribution in [0.2, 0.25) is 5.02 Å². The molecule has 9 heteroatoms. The van der Waals surface area contributed by atoms with Gasteiger partial charge in [0.15, 0.2) is 0 Å². The molecule has 1 aliphatic heterocycles. The summed E-state index contributed by atoms with van der Waals surface area (Å²) in [4.78, 5) is 27.3. The summed E-state index contributed by atoms with van der Waals surface area (Å²) in [5.74, 6) is 0.369. The van der Waals surface area contributed by atoms with Gasteiger partial charge in [0.05, 0.1) is 22.6 Å². The Labute approximate surface area is 169 Å². The van der Waals surface area contributed by atoms with E-state index in [1.54, 1.807) is 29.2 Å². The summed E-state index contributed by atoms with van der Waals surface area (Å²) in [6.45, 7) is 1.76. The van der Waals surface area contributed by atoms with Crippen molar-refractivity contribution in [2.24, 2.45) is 0 Å². The van der Waals surface area contributed by atoms with Crippen LogP contribution in [-0.4, -0.2) is 49.0 Å². The zero-order valence-corrected chi connectivity index (χ0v) is 16.9. The van der Waals surface area contributed by atoms with E-state index in [9.17, 15) is 14.9 Å². The van der Waals surface area contributed by atoms with Gasteiger partial charge in [-0.25, -0.2) is 0 Å². The first-order chi connectivity index (χ1) is 12.9. The third-order valence-electron chi connectivity index (χ3n) is 4.44. The first kappa shape index (κ1) is 19.4. The topological polar surface area (TPSA) is 75.9 Å². The Morgan fingerprint density at radius 2 is 1.93 bits per heavy atom. The predicted octanol–water partition coefficient (Wildman–Crippen LogP) is 3.98. The zero-order chi connectivity index (χ0) is 19.6. The van der Waals surface area contributed by atoms with Crippen LogP contribution in [0.4, 0.5) is 11.4 Å². The van der Waals surface area contributed by atoms with Crippen LogP contribution in [0, 0.1) is 10.1 Å². The number of amides is 1. The normalized spacial score (nSPS) is 14.2. The second-order valence-corrected chi connectivity index (χ2v) is 7.31. The molecule has 0 bridgehead atoms. The molecule has 142 valence electrons. The van der Waals surface area contributed by atoms with Gasteiger partial charge >= 0.3 is 0 Å². The van der Waals surface area contributed by atoms with Gasteiger partial charge in [-0.15, -0.1) is 0 Å². The van der Waals surface area contributed by atoms with Crippen molar-refractivity contribution in [3.05, 3.63) is 61.6 Å². The fourth-order valence-corrected chi connectivity index (χ4v) is 3.77. The SMILES string of the molecule is COc1ccc(Br)cc1C(=O)N1CCN(c2c(Cl)cccc2[N+](=O)[O-])CC1. The van der Waals surface area contributed by atoms with Crippen LogP contribution in [0.15, 0.2) is 40.9 Å². The number of rotatable bonds is 4. The Morgan fingerprint density at radius 3 is 2.56 bits per heavy atom. The number of methoxy groups -OCH3 is 1. The van der Waals surface area contributed by atoms with Crippen molar-refractivity contribution in [2.75, 3.05) is 38.2 Å². The Morgan fingerprint density at radius 1 is 1.22 bits per heavy atom. The Hall–Kier alpha value is -2.32. The van der Waals surface area contributed by atoms with E-state index in [1.165, 1.54) is 13.2 Å². The highest BCUT2D eigenvalue weighted by Gasteiger charge is 2.29. The highest BCUT2D eigenvalue weighted by Crippen LogP contribution is 2.36. The lowest BCUT2D eigenvalue weighted by atomic mass is 10.1. The van der Waals surface area contributed by atoms with Gasteiger partial charge in [0.1, 0.15) is 11.4 Å². The van der Waals surface area contributed by atoms with Crippen molar-refractivity contribution in [2.45, 2.75) is 0 Å². The van der Waals surface area contributed by atoms with Crippen LogP contribution in [0.1, 0.15) is 10.4 Å². The van der Waals surface area contributed by atoms with Gasteiger partial charge in [-0.3, -0.25) is 14.9 Å². The highest BCUT2D eigenvalue weighted by atomic mass is 79.9. The highest BCUT2D eigenvalue weighted by molar-refractivity contribution is 9.10.